The first kappa shape index (κ1) is 19.1. The lowest BCUT2D eigenvalue weighted by molar-refractivity contribution is 0.0988. The molecule has 1 unspecified atom stereocenters. The van der Waals surface area contributed by atoms with Crippen LogP contribution in [0.25, 0.3) is 0 Å². The highest BCUT2D eigenvalue weighted by Crippen LogP contribution is 2.27. The topological polar surface area (TPSA) is 88.9 Å². The van der Waals surface area contributed by atoms with Gasteiger partial charge in [0.25, 0.3) is 5.22 Å². The van der Waals surface area contributed by atoms with E-state index < -0.39 is 5.25 Å². The van der Waals surface area contributed by atoms with E-state index in [4.69, 9.17) is 4.42 Å². The standard InChI is InChI=1S/C20H21N3O3S/c1-11-17(13(3)24)12(2)21-18(11)19(25)14(4)27-20-23-22-16(26-20)10-15-8-6-5-7-9-15/h5-9,14,21H,10H2,1-4H3. The van der Waals surface area contributed by atoms with Gasteiger partial charge < -0.3 is 9.40 Å². The number of nitrogens with one attached hydrogen (secondary N) is 1. The van der Waals surface area contributed by atoms with E-state index in [0.29, 0.717) is 40.0 Å². The van der Waals surface area contributed by atoms with Gasteiger partial charge in [-0.25, -0.2) is 0 Å². The second-order valence-electron chi connectivity index (χ2n) is 6.43. The Labute approximate surface area is 161 Å². The van der Waals surface area contributed by atoms with Crippen LogP contribution in [0.2, 0.25) is 0 Å². The number of aromatic amines is 1. The molecule has 3 aromatic rings. The molecule has 0 saturated carbocycles. The number of thioether (sulfide) groups is 1. The predicted octanol–water partition coefficient (Wildman–Crippen LogP) is 4.17. The van der Waals surface area contributed by atoms with Crippen molar-refractivity contribution in [1.29, 1.82) is 0 Å². The highest BCUT2D eigenvalue weighted by atomic mass is 32.2. The monoisotopic (exact) mass is 383 g/mol. The van der Waals surface area contributed by atoms with Crippen LogP contribution in [0.1, 0.15) is 57.4 Å². The summed E-state index contributed by atoms with van der Waals surface area (Å²) in [5, 5.41) is 8.02. The van der Waals surface area contributed by atoms with Gasteiger partial charge >= 0.3 is 0 Å². The second-order valence-corrected chi connectivity index (χ2v) is 7.72. The zero-order valence-corrected chi connectivity index (χ0v) is 16.5. The molecule has 1 atom stereocenters. The number of H-pyrrole nitrogens is 1. The first-order chi connectivity index (χ1) is 12.9. The Balaban J connectivity index is 1.71. The molecule has 27 heavy (non-hydrogen) atoms. The Kier molecular flexibility index (Phi) is 5.60. The average Bonchev–Trinajstić information content (AvgIpc) is 3.18. The molecule has 0 spiro atoms. The molecule has 0 aliphatic heterocycles. The van der Waals surface area contributed by atoms with Gasteiger partial charge in [0.1, 0.15) is 0 Å². The number of carbonyl (C=O) groups is 2. The van der Waals surface area contributed by atoms with Gasteiger partial charge in [-0.3, -0.25) is 9.59 Å². The first-order valence-electron chi connectivity index (χ1n) is 8.64. The van der Waals surface area contributed by atoms with Crippen LogP contribution in [0.15, 0.2) is 40.0 Å². The fourth-order valence-electron chi connectivity index (χ4n) is 3.06. The van der Waals surface area contributed by atoms with E-state index in [-0.39, 0.29) is 11.6 Å². The Hall–Kier alpha value is -2.67. The second kappa shape index (κ2) is 7.92. The van der Waals surface area contributed by atoms with E-state index >= 15 is 0 Å². The van der Waals surface area contributed by atoms with Crippen LogP contribution in [-0.2, 0) is 6.42 Å². The number of aromatic nitrogens is 3. The summed E-state index contributed by atoms with van der Waals surface area (Å²) in [6.07, 6.45) is 0.549. The summed E-state index contributed by atoms with van der Waals surface area (Å²) >= 11 is 1.22. The fraction of sp³-hybridized carbons (Fsp3) is 0.300. The largest absolute Gasteiger partial charge is 0.416 e. The molecule has 6 nitrogen and oxygen atoms in total. The number of nitrogens with zero attached hydrogens (tertiary/aromatic N) is 2. The van der Waals surface area contributed by atoms with Gasteiger partial charge in [0.15, 0.2) is 11.6 Å². The number of hydrogen-bond acceptors (Lipinski definition) is 6. The Bertz CT molecular complexity index is 976. The number of aryl methyl sites for hydroxylation is 1. The average molecular weight is 383 g/mol. The molecule has 7 heteroatoms. The third-order valence-corrected chi connectivity index (χ3v) is 5.26. The van der Waals surface area contributed by atoms with Crippen molar-refractivity contribution in [1.82, 2.24) is 15.2 Å². The van der Waals surface area contributed by atoms with E-state index in [1.54, 1.807) is 20.8 Å². The molecule has 0 amide bonds. The normalized spacial score (nSPS) is 12.1. The van der Waals surface area contributed by atoms with E-state index in [2.05, 4.69) is 15.2 Å². The Morgan fingerprint density at radius 3 is 2.52 bits per heavy atom. The van der Waals surface area contributed by atoms with Crippen molar-refractivity contribution in [2.24, 2.45) is 0 Å². The van der Waals surface area contributed by atoms with Crippen LogP contribution < -0.4 is 0 Å². The predicted molar refractivity (Wildman–Crippen MR) is 103 cm³/mol. The highest BCUT2D eigenvalue weighted by Gasteiger charge is 2.25. The van der Waals surface area contributed by atoms with Gasteiger partial charge in [0.05, 0.1) is 17.4 Å². The lowest BCUT2D eigenvalue weighted by atomic mass is 10.0. The van der Waals surface area contributed by atoms with Crippen molar-refractivity contribution in [3.8, 4) is 0 Å². The Morgan fingerprint density at radius 2 is 1.89 bits per heavy atom. The zero-order chi connectivity index (χ0) is 19.6. The van der Waals surface area contributed by atoms with Crippen molar-refractivity contribution >= 4 is 23.3 Å². The van der Waals surface area contributed by atoms with Crippen LogP contribution in [0.3, 0.4) is 0 Å². The number of rotatable bonds is 7. The summed E-state index contributed by atoms with van der Waals surface area (Å²) in [5.74, 6) is 0.355. The number of hydrogen-bond donors (Lipinski definition) is 1. The summed E-state index contributed by atoms with van der Waals surface area (Å²) in [7, 11) is 0. The fourth-order valence-corrected chi connectivity index (χ4v) is 3.82. The van der Waals surface area contributed by atoms with Crippen LogP contribution in [0.4, 0.5) is 0 Å². The molecule has 1 N–H and O–H groups in total. The summed E-state index contributed by atoms with van der Waals surface area (Å²) in [6, 6.07) is 9.85. The lowest BCUT2D eigenvalue weighted by Gasteiger charge is -2.07. The number of Topliss-reactive ketones (excluding diaryl/α,β-unsaturated/α-hetero) is 2. The molecule has 140 valence electrons. The van der Waals surface area contributed by atoms with E-state index in [9.17, 15) is 9.59 Å². The Morgan fingerprint density at radius 1 is 1.19 bits per heavy atom. The third-order valence-electron chi connectivity index (χ3n) is 4.33. The molecule has 0 aliphatic carbocycles. The summed E-state index contributed by atoms with van der Waals surface area (Å²) < 4.78 is 5.67. The highest BCUT2D eigenvalue weighted by molar-refractivity contribution is 8.00. The molecular weight excluding hydrogens is 362 g/mol. The van der Waals surface area contributed by atoms with Crippen molar-refractivity contribution in [2.45, 2.75) is 44.6 Å². The molecule has 0 aliphatic rings. The maximum Gasteiger partial charge on any atom is 0.277 e. The number of carbonyl (C=O) groups excluding carboxylic acids is 2. The molecule has 2 aromatic heterocycles. The minimum atomic E-state index is -0.424. The molecule has 3 rings (SSSR count). The smallest absolute Gasteiger partial charge is 0.277 e. The van der Waals surface area contributed by atoms with Crippen LogP contribution in [0, 0.1) is 13.8 Å². The van der Waals surface area contributed by atoms with Crippen molar-refractivity contribution in [2.75, 3.05) is 0 Å². The van der Waals surface area contributed by atoms with Crippen LogP contribution >= 0.6 is 11.8 Å². The maximum absolute atomic E-state index is 12.8. The summed E-state index contributed by atoms with van der Waals surface area (Å²) in [5.41, 5.74) is 3.52. The van der Waals surface area contributed by atoms with Crippen molar-refractivity contribution in [3.05, 3.63) is 64.3 Å². The maximum atomic E-state index is 12.8. The van der Waals surface area contributed by atoms with Gasteiger partial charge in [-0.05, 0) is 38.8 Å². The molecule has 0 fully saturated rings. The quantitative estimate of drug-likeness (QED) is 0.486. The molecular formula is C20H21N3O3S. The van der Waals surface area contributed by atoms with Gasteiger partial charge in [0, 0.05) is 11.3 Å². The third kappa shape index (κ3) is 4.19. The van der Waals surface area contributed by atoms with Gasteiger partial charge in [0.2, 0.25) is 5.89 Å². The van der Waals surface area contributed by atoms with Crippen LogP contribution in [0.5, 0.6) is 0 Å². The molecule has 0 bridgehead atoms. The molecule has 2 heterocycles. The van der Waals surface area contributed by atoms with Crippen LogP contribution in [-0.4, -0.2) is 32.0 Å². The van der Waals surface area contributed by atoms with Gasteiger partial charge in [-0.1, -0.05) is 42.1 Å². The van der Waals surface area contributed by atoms with E-state index in [1.165, 1.54) is 18.7 Å². The van der Waals surface area contributed by atoms with Crippen molar-refractivity contribution < 1.29 is 14.0 Å². The zero-order valence-electron chi connectivity index (χ0n) is 15.7. The molecule has 0 radical (unpaired) electrons. The minimum Gasteiger partial charge on any atom is -0.416 e. The molecule has 0 saturated heterocycles. The number of benzene rings is 1. The van der Waals surface area contributed by atoms with E-state index in [1.807, 2.05) is 30.3 Å². The summed E-state index contributed by atoms with van der Waals surface area (Å²) in [6.45, 7) is 6.88. The van der Waals surface area contributed by atoms with E-state index in [0.717, 1.165) is 5.56 Å². The van der Waals surface area contributed by atoms with Crippen molar-refractivity contribution in [3.63, 3.8) is 0 Å². The van der Waals surface area contributed by atoms with Gasteiger partial charge in [-0.2, -0.15) is 0 Å². The van der Waals surface area contributed by atoms with Gasteiger partial charge in [-0.15, -0.1) is 10.2 Å². The first-order valence-corrected chi connectivity index (χ1v) is 9.52. The summed E-state index contributed by atoms with van der Waals surface area (Å²) in [4.78, 5) is 27.6. The lowest BCUT2D eigenvalue weighted by Crippen LogP contribution is -2.15. The SMILES string of the molecule is CC(=O)c1c(C)[nH]c(C(=O)C(C)Sc2nnc(Cc3ccccc3)o2)c1C. The minimum absolute atomic E-state index is 0.0527. The molecule has 1 aromatic carbocycles. The number of ketones is 2.